The third-order valence-corrected chi connectivity index (χ3v) is 4.78. The summed E-state index contributed by atoms with van der Waals surface area (Å²) in [6, 6.07) is 15.9. The summed E-state index contributed by atoms with van der Waals surface area (Å²) in [6.45, 7) is 0. The zero-order chi connectivity index (χ0) is 19.7. The zero-order valence-corrected chi connectivity index (χ0v) is 16.1. The van der Waals surface area contributed by atoms with E-state index in [1.807, 2.05) is 18.2 Å². The summed E-state index contributed by atoms with van der Waals surface area (Å²) in [7, 11) is 5.24. The predicted octanol–water partition coefficient (Wildman–Crippen LogP) is 4.58. The monoisotopic (exact) mass is 374 g/mol. The minimum atomic E-state index is 0.524. The van der Waals surface area contributed by atoms with Crippen molar-refractivity contribution in [3.63, 3.8) is 0 Å². The molecule has 2 heterocycles. The Hall–Kier alpha value is -3.67. The van der Waals surface area contributed by atoms with E-state index in [4.69, 9.17) is 15.2 Å². The van der Waals surface area contributed by atoms with Gasteiger partial charge in [-0.15, -0.1) is 0 Å². The number of rotatable bonds is 5. The number of nitrogens with zero attached hydrogens (tertiary/aromatic N) is 2. The number of fused-ring (bicyclic) bond motifs is 1. The van der Waals surface area contributed by atoms with Crippen LogP contribution in [-0.2, 0) is 7.05 Å². The number of nitrogen functional groups attached to an aromatic ring is 1. The lowest BCUT2D eigenvalue weighted by Crippen LogP contribution is -2.00. The number of benzene rings is 2. The van der Waals surface area contributed by atoms with Gasteiger partial charge >= 0.3 is 0 Å². The van der Waals surface area contributed by atoms with Crippen LogP contribution in [0.5, 0.6) is 11.5 Å². The number of ether oxygens (including phenoxy) is 2. The van der Waals surface area contributed by atoms with E-state index in [1.54, 1.807) is 32.5 Å². The number of para-hydroxylation sites is 1. The molecule has 28 heavy (non-hydrogen) atoms. The van der Waals surface area contributed by atoms with Crippen LogP contribution in [0.4, 0.5) is 17.2 Å². The molecule has 0 atom stereocenters. The van der Waals surface area contributed by atoms with Crippen LogP contribution in [0.1, 0.15) is 0 Å². The first-order valence-electron chi connectivity index (χ1n) is 8.89. The van der Waals surface area contributed by atoms with Crippen molar-refractivity contribution in [1.82, 2.24) is 9.55 Å². The molecule has 3 N–H and O–H groups in total. The first kappa shape index (κ1) is 17.7. The van der Waals surface area contributed by atoms with Crippen LogP contribution in [0, 0.1) is 0 Å². The van der Waals surface area contributed by atoms with Crippen molar-refractivity contribution >= 4 is 28.1 Å². The van der Waals surface area contributed by atoms with E-state index in [1.165, 1.54) is 10.9 Å². The van der Waals surface area contributed by atoms with Gasteiger partial charge in [0.25, 0.3) is 0 Å². The number of pyridine rings is 1. The van der Waals surface area contributed by atoms with Gasteiger partial charge in [-0.3, -0.25) is 0 Å². The number of nitrogens with one attached hydrogen (secondary N) is 1. The van der Waals surface area contributed by atoms with Crippen LogP contribution < -0.4 is 20.5 Å². The van der Waals surface area contributed by atoms with Gasteiger partial charge in [0.2, 0.25) is 0 Å². The maximum absolute atomic E-state index is 6.05. The third kappa shape index (κ3) is 3.09. The summed E-state index contributed by atoms with van der Waals surface area (Å²) >= 11 is 0. The van der Waals surface area contributed by atoms with Crippen molar-refractivity contribution in [2.45, 2.75) is 0 Å². The average Bonchev–Trinajstić information content (AvgIpc) is 3.05. The van der Waals surface area contributed by atoms with Crippen LogP contribution in [-0.4, -0.2) is 23.8 Å². The third-order valence-electron chi connectivity index (χ3n) is 4.78. The molecule has 0 fully saturated rings. The molecule has 6 heteroatoms. The van der Waals surface area contributed by atoms with Gasteiger partial charge in [-0.1, -0.05) is 18.2 Å². The Morgan fingerprint density at radius 1 is 1.00 bits per heavy atom. The topological polar surface area (TPSA) is 74.3 Å². The highest BCUT2D eigenvalue weighted by Crippen LogP contribution is 2.37. The van der Waals surface area contributed by atoms with E-state index in [0.717, 1.165) is 16.8 Å². The fourth-order valence-electron chi connectivity index (χ4n) is 3.40. The van der Waals surface area contributed by atoms with Crippen molar-refractivity contribution in [2.24, 2.45) is 7.05 Å². The molecule has 0 aliphatic rings. The lowest BCUT2D eigenvalue weighted by molar-refractivity contribution is 0.397. The second kappa shape index (κ2) is 7.15. The number of methoxy groups -OCH3 is 2. The largest absolute Gasteiger partial charge is 0.494 e. The normalized spacial score (nSPS) is 10.8. The van der Waals surface area contributed by atoms with Crippen LogP contribution in [0.25, 0.3) is 22.0 Å². The Balaban J connectivity index is 1.73. The summed E-state index contributed by atoms with van der Waals surface area (Å²) in [6.07, 6.45) is 3.93. The van der Waals surface area contributed by atoms with Crippen LogP contribution >= 0.6 is 0 Å². The molecule has 4 rings (SSSR count). The quantitative estimate of drug-likeness (QED) is 0.500. The van der Waals surface area contributed by atoms with E-state index >= 15 is 0 Å². The molecule has 0 bridgehead atoms. The van der Waals surface area contributed by atoms with E-state index in [-0.39, 0.29) is 0 Å². The second-order valence-electron chi connectivity index (χ2n) is 6.52. The van der Waals surface area contributed by atoms with E-state index in [2.05, 4.69) is 46.3 Å². The maximum Gasteiger partial charge on any atom is 0.146 e. The molecular formula is C22H22N4O2. The summed E-state index contributed by atoms with van der Waals surface area (Å²) in [4.78, 5) is 4.45. The van der Waals surface area contributed by atoms with Gasteiger partial charge in [-0.05, 0) is 29.8 Å². The molecule has 6 nitrogen and oxygen atoms in total. The van der Waals surface area contributed by atoms with Gasteiger partial charge in [0.1, 0.15) is 17.3 Å². The Labute approximate surface area is 163 Å². The summed E-state index contributed by atoms with van der Waals surface area (Å²) in [5, 5.41) is 4.50. The highest BCUT2D eigenvalue weighted by molar-refractivity contribution is 5.96. The Morgan fingerprint density at radius 3 is 2.57 bits per heavy atom. The van der Waals surface area contributed by atoms with E-state index in [9.17, 15) is 0 Å². The Morgan fingerprint density at radius 2 is 1.79 bits per heavy atom. The molecule has 142 valence electrons. The molecular weight excluding hydrogens is 352 g/mol. The van der Waals surface area contributed by atoms with Gasteiger partial charge in [0.15, 0.2) is 0 Å². The number of hydrogen-bond donors (Lipinski definition) is 2. The fourth-order valence-corrected chi connectivity index (χ4v) is 3.40. The van der Waals surface area contributed by atoms with E-state index < -0.39 is 0 Å². The Kier molecular flexibility index (Phi) is 4.53. The van der Waals surface area contributed by atoms with Crippen molar-refractivity contribution < 1.29 is 9.47 Å². The van der Waals surface area contributed by atoms with Gasteiger partial charge in [-0.25, -0.2) is 4.98 Å². The molecule has 0 saturated heterocycles. The zero-order valence-electron chi connectivity index (χ0n) is 16.1. The average molecular weight is 374 g/mol. The second-order valence-corrected chi connectivity index (χ2v) is 6.52. The number of aromatic nitrogens is 2. The predicted molar refractivity (Wildman–Crippen MR) is 113 cm³/mol. The number of hydrogen-bond acceptors (Lipinski definition) is 5. The van der Waals surface area contributed by atoms with Crippen LogP contribution in [0.3, 0.4) is 0 Å². The highest BCUT2D eigenvalue weighted by Gasteiger charge is 2.12. The van der Waals surface area contributed by atoms with Gasteiger partial charge in [0, 0.05) is 42.0 Å². The molecule has 0 aliphatic carbocycles. The smallest absolute Gasteiger partial charge is 0.146 e. The standard InChI is InChI=1S/C22H22N4O2/c1-26-13-16(15-6-4-5-7-19(15)26)14-8-9-24-22(10-14)25-18-11-17(23)20(27-2)12-21(18)28-3/h4-13H,23H2,1-3H3,(H,24,25). The highest BCUT2D eigenvalue weighted by atomic mass is 16.5. The molecule has 0 amide bonds. The van der Waals surface area contributed by atoms with Gasteiger partial charge < -0.3 is 25.1 Å². The van der Waals surface area contributed by atoms with Crippen LogP contribution in [0.2, 0.25) is 0 Å². The molecule has 0 aliphatic heterocycles. The minimum Gasteiger partial charge on any atom is -0.494 e. The molecule has 2 aromatic heterocycles. The lowest BCUT2D eigenvalue weighted by atomic mass is 10.1. The van der Waals surface area contributed by atoms with Crippen molar-refractivity contribution in [2.75, 3.05) is 25.3 Å². The summed E-state index contributed by atoms with van der Waals surface area (Å²) in [5.74, 6) is 1.90. The van der Waals surface area contributed by atoms with Gasteiger partial charge in [0.05, 0.1) is 25.6 Å². The number of nitrogens with two attached hydrogens (primary N) is 1. The maximum atomic E-state index is 6.05. The van der Waals surface area contributed by atoms with Crippen molar-refractivity contribution in [3.8, 4) is 22.6 Å². The van der Waals surface area contributed by atoms with Crippen molar-refractivity contribution in [3.05, 3.63) is 60.9 Å². The lowest BCUT2D eigenvalue weighted by Gasteiger charge is -2.14. The first-order valence-corrected chi connectivity index (χ1v) is 8.89. The molecule has 4 aromatic rings. The SMILES string of the molecule is COc1cc(OC)c(Nc2cc(-c3cn(C)c4ccccc34)ccn2)cc1N. The molecule has 0 unspecified atom stereocenters. The molecule has 0 saturated carbocycles. The summed E-state index contributed by atoms with van der Waals surface area (Å²) in [5.41, 5.74) is 10.7. The van der Waals surface area contributed by atoms with Crippen LogP contribution in [0.15, 0.2) is 60.9 Å². The molecule has 0 radical (unpaired) electrons. The number of aryl methyl sites for hydroxylation is 1. The van der Waals surface area contributed by atoms with Crippen molar-refractivity contribution in [1.29, 1.82) is 0 Å². The fraction of sp³-hybridized carbons (Fsp3) is 0.136. The van der Waals surface area contributed by atoms with Gasteiger partial charge in [-0.2, -0.15) is 0 Å². The molecule has 0 spiro atoms. The summed E-state index contributed by atoms with van der Waals surface area (Å²) < 4.78 is 12.9. The molecule has 2 aromatic carbocycles. The van der Waals surface area contributed by atoms with E-state index in [0.29, 0.717) is 23.0 Å². The minimum absolute atomic E-state index is 0.524. The first-order chi connectivity index (χ1) is 13.6. The number of anilines is 3. The Bertz CT molecular complexity index is 1150.